The van der Waals surface area contributed by atoms with E-state index < -0.39 is 0 Å². The van der Waals surface area contributed by atoms with Gasteiger partial charge in [-0.2, -0.15) is 10.1 Å². The largest absolute Gasteiger partial charge is 0.342 e. The van der Waals surface area contributed by atoms with Gasteiger partial charge < -0.3 is 9.42 Å². The van der Waals surface area contributed by atoms with Crippen LogP contribution in [0, 0.1) is 6.92 Å². The smallest absolute Gasteiger partial charge is 0.227 e. The molecular weight excluding hydrogens is 294 g/mol. The number of likely N-dealkylation sites (tertiary alicyclic amines) is 1. The average molecular weight is 317 g/mol. The molecule has 2 aromatic heterocycles. The van der Waals surface area contributed by atoms with Gasteiger partial charge in [0.05, 0.1) is 6.20 Å². The predicted octanol–water partition coefficient (Wildman–Crippen LogP) is 2.17. The van der Waals surface area contributed by atoms with Crippen LogP contribution >= 0.6 is 0 Å². The standard InChI is InChI=1S/C16H23N5O2/c1-10(2)16-18-13(23-20-16)4-5-14(22)21-7-6-12(9-21)15-11(3)8-17-19-15/h8,10,12H,4-7,9H2,1-3H3,(H,17,19)/t12-/m0/s1. The van der Waals surface area contributed by atoms with Gasteiger partial charge in [0.1, 0.15) is 0 Å². The van der Waals surface area contributed by atoms with Crippen molar-refractivity contribution in [3.8, 4) is 0 Å². The van der Waals surface area contributed by atoms with E-state index in [1.165, 1.54) is 0 Å². The summed E-state index contributed by atoms with van der Waals surface area (Å²) < 4.78 is 5.19. The van der Waals surface area contributed by atoms with E-state index in [4.69, 9.17) is 4.52 Å². The molecule has 0 bridgehead atoms. The van der Waals surface area contributed by atoms with E-state index in [1.807, 2.05) is 31.9 Å². The van der Waals surface area contributed by atoms with Crippen LogP contribution in [0.2, 0.25) is 0 Å². The first-order valence-corrected chi connectivity index (χ1v) is 8.14. The number of H-pyrrole nitrogens is 1. The van der Waals surface area contributed by atoms with Crippen molar-refractivity contribution >= 4 is 5.91 Å². The Kier molecular flexibility index (Phi) is 4.45. The van der Waals surface area contributed by atoms with Crippen LogP contribution in [0.25, 0.3) is 0 Å². The number of amides is 1. The molecule has 1 fully saturated rings. The quantitative estimate of drug-likeness (QED) is 0.913. The Morgan fingerprint density at radius 1 is 1.52 bits per heavy atom. The van der Waals surface area contributed by atoms with Crippen LogP contribution in [0.4, 0.5) is 0 Å². The monoisotopic (exact) mass is 317 g/mol. The number of aryl methyl sites for hydroxylation is 2. The minimum absolute atomic E-state index is 0.147. The van der Waals surface area contributed by atoms with Crippen molar-refractivity contribution in [3.05, 3.63) is 29.2 Å². The van der Waals surface area contributed by atoms with E-state index in [0.29, 0.717) is 30.5 Å². The zero-order valence-electron chi connectivity index (χ0n) is 13.9. The van der Waals surface area contributed by atoms with Gasteiger partial charge in [0.15, 0.2) is 5.82 Å². The first-order chi connectivity index (χ1) is 11.0. The maximum absolute atomic E-state index is 12.4. The van der Waals surface area contributed by atoms with Crippen molar-refractivity contribution in [2.45, 2.75) is 51.9 Å². The molecule has 23 heavy (non-hydrogen) atoms. The summed E-state index contributed by atoms with van der Waals surface area (Å²) in [7, 11) is 0. The zero-order chi connectivity index (χ0) is 16.4. The van der Waals surface area contributed by atoms with Crippen LogP contribution in [0.3, 0.4) is 0 Å². The molecule has 1 atom stereocenters. The fraction of sp³-hybridized carbons (Fsp3) is 0.625. The molecule has 0 aromatic carbocycles. The maximum Gasteiger partial charge on any atom is 0.227 e. The van der Waals surface area contributed by atoms with Gasteiger partial charge in [-0.05, 0) is 18.9 Å². The summed E-state index contributed by atoms with van der Waals surface area (Å²) in [4.78, 5) is 18.6. The van der Waals surface area contributed by atoms with Crippen molar-refractivity contribution in [1.82, 2.24) is 25.2 Å². The lowest BCUT2D eigenvalue weighted by atomic mass is 10.0. The molecule has 0 spiro atoms. The number of carbonyl (C=O) groups excluding carboxylic acids is 1. The fourth-order valence-electron chi connectivity index (χ4n) is 2.97. The van der Waals surface area contributed by atoms with Crippen molar-refractivity contribution in [3.63, 3.8) is 0 Å². The van der Waals surface area contributed by atoms with E-state index >= 15 is 0 Å². The normalized spacial score (nSPS) is 18.1. The molecule has 0 radical (unpaired) electrons. The highest BCUT2D eigenvalue weighted by molar-refractivity contribution is 5.76. The van der Waals surface area contributed by atoms with Crippen LogP contribution in [-0.4, -0.2) is 44.2 Å². The second kappa shape index (κ2) is 6.52. The lowest BCUT2D eigenvalue weighted by Gasteiger charge is -2.16. The number of aromatic amines is 1. The molecule has 1 aliphatic heterocycles. The topological polar surface area (TPSA) is 87.9 Å². The lowest BCUT2D eigenvalue weighted by molar-refractivity contribution is -0.130. The van der Waals surface area contributed by atoms with Gasteiger partial charge in [-0.25, -0.2) is 0 Å². The van der Waals surface area contributed by atoms with Crippen LogP contribution < -0.4 is 0 Å². The summed E-state index contributed by atoms with van der Waals surface area (Å²) >= 11 is 0. The summed E-state index contributed by atoms with van der Waals surface area (Å²) in [5.41, 5.74) is 2.31. The number of hydrogen-bond donors (Lipinski definition) is 1. The summed E-state index contributed by atoms with van der Waals surface area (Å²) in [5.74, 6) is 1.98. The summed E-state index contributed by atoms with van der Waals surface area (Å²) in [6.45, 7) is 7.63. The Hall–Kier alpha value is -2.18. The van der Waals surface area contributed by atoms with Crippen LogP contribution in [0.5, 0.6) is 0 Å². The second-order valence-corrected chi connectivity index (χ2v) is 6.49. The van der Waals surface area contributed by atoms with Crippen molar-refractivity contribution < 1.29 is 9.32 Å². The third-order valence-electron chi connectivity index (χ3n) is 4.37. The molecule has 124 valence electrons. The molecule has 0 aliphatic carbocycles. The van der Waals surface area contributed by atoms with E-state index in [-0.39, 0.29) is 11.8 Å². The number of carbonyl (C=O) groups is 1. The molecule has 0 saturated carbocycles. The van der Waals surface area contributed by atoms with E-state index in [0.717, 1.165) is 30.8 Å². The van der Waals surface area contributed by atoms with Gasteiger partial charge in [0, 0.05) is 43.5 Å². The van der Waals surface area contributed by atoms with Crippen molar-refractivity contribution in [2.24, 2.45) is 0 Å². The van der Waals surface area contributed by atoms with Crippen molar-refractivity contribution in [1.29, 1.82) is 0 Å². The zero-order valence-corrected chi connectivity index (χ0v) is 13.9. The number of hydrogen-bond acceptors (Lipinski definition) is 5. The number of rotatable bonds is 5. The Morgan fingerprint density at radius 2 is 2.35 bits per heavy atom. The van der Waals surface area contributed by atoms with Gasteiger partial charge in [0.25, 0.3) is 0 Å². The molecule has 1 N–H and O–H groups in total. The molecule has 1 saturated heterocycles. The van der Waals surface area contributed by atoms with Crippen molar-refractivity contribution in [2.75, 3.05) is 13.1 Å². The lowest BCUT2D eigenvalue weighted by Crippen LogP contribution is -2.28. The Balaban J connectivity index is 1.52. The van der Waals surface area contributed by atoms with E-state index in [2.05, 4.69) is 20.3 Å². The Labute approximate surface area is 135 Å². The Bertz CT molecular complexity index is 676. The molecule has 2 aromatic rings. The van der Waals surface area contributed by atoms with Gasteiger partial charge in [-0.3, -0.25) is 9.89 Å². The molecule has 3 rings (SSSR count). The summed E-state index contributed by atoms with van der Waals surface area (Å²) in [6.07, 6.45) is 3.73. The number of nitrogens with zero attached hydrogens (tertiary/aromatic N) is 4. The molecule has 1 aliphatic rings. The number of nitrogens with one attached hydrogen (secondary N) is 1. The number of aromatic nitrogens is 4. The molecule has 7 nitrogen and oxygen atoms in total. The third-order valence-corrected chi connectivity index (χ3v) is 4.37. The molecular formula is C16H23N5O2. The first kappa shape index (κ1) is 15.7. The second-order valence-electron chi connectivity index (χ2n) is 6.49. The van der Waals surface area contributed by atoms with E-state index in [1.54, 1.807) is 0 Å². The highest BCUT2D eigenvalue weighted by Gasteiger charge is 2.29. The van der Waals surface area contributed by atoms with E-state index in [9.17, 15) is 4.79 Å². The summed E-state index contributed by atoms with van der Waals surface area (Å²) in [5, 5.41) is 11.1. The molecule has 1 amide bonds. The first-order valence-electron chi connectivity index (χ1n) is 8.14. The minimum atomic E-state index is 0.147. The van der Waals surface area contributed by atoms with Gasteiger partial charge in [-0.1, -0.05) is 19.0 Å². The van der Waals surface area contributed by atoms with Gasteiger partial charge in [0.2, 0.25) is 11.8 Å². The summed E-state index contributed by atoms with van der Waals surface area (Å²) in [6, 6.07) is 0. The Morgan fingerprint density at radius 3 is 3.00 bits per heavy atom. The minimum Gasteiger partial charge on any atom is -0.342 e. The molecule has 7 heteroatoms. The van der Waals surface area contributed by atoms with Crippen LogP contribution in [-0.2, 0) is 11.2 Å². The van der Waals surface area contributed by atoms with Gasteiger partial charge >= 0.3 is 0 Å². The predicted molar refractivity (Wildman–Crippen MR) is 84.0 cm³/mol. The maximum atomic E-state index is 12.4. The average Bonchev–Trinajstić information content (AvgIpc) is 3.24. The molecule has 0 unspecified atom stereocenters. The third kappa shape index (κ3) is 3.43. The van der Waals surface area contributed by atoms with Gasteiger partial charge in [-0.15, -0.1) is 0 Å². The highest BCUT2D eigenvalue weighted by atomic mass is 16.5. The SMILES string of the molecule is Cc1cn[nH]c1[C@H]1CCN(C(=O)CCc2nc(C(C)C)no2)C1. The van der Waals surface area contributed by atoms with Crippen LogP contribution in [0.1, 0.15) is 61.5 Å². The van der Waals surface area contributed by atoms with Crippen LogP contribution in [0.15, 0.2) is 10.7 Å². The fourth-order valence-corrected chi connectivity index (χ4v) is 2.97. The molecule has 3 heterocycles. The highest BCUT2D eigenvalue weighted by Crippen LogP contribution is 2.28.